The molecule has 0 unspecified atom stereocenters. The molecule has 0 bridgehead atoms. The van der Waals surface area contributed by atoms with Crippen molar-refractivity contribution >= 4 is 59.0 Å². The van der Waals surface area contributed by atoms with Crippen LogP contribution in [0.15, 0.2) is 69.8 Å². The maximum absolute atomic E-state index is 13.5. The summed E-state index contributed by atoms with van der Waals surface area (Å²) < 4.78 is 37.3. The van der Waals surface area contributed by atoms with E-state index in [-0.39, 0.29) is 44.4 Å². The third kappa shape index (κ3) is 17.2. The SMILES string of the molecule is CC(C)C[C@H](NC(=O)[C@@H]1CCCN1C(=O)OCc1ccc(N=Nc2ccccc2)cc1)C(=O)NCC(=O)N1CCC[C@H]1C(=O)N[C@H](CCCN=C(N)N)C(=O)O.O=C(O)C(F)(F)F. The van der Waals surface area contributed by atoms with E-state index in [9.17, 15) is 47.0 Å². The van der Waals surface area contributed by atoms with Crippen LogP contribution < -0.4 is 27.4 Å². The smallest absolute Gasteiger partial charge is 0.480 e. The summed E-state index contributed by atoms with van der Waals surface area (Å²) in [5.41, 5.74) is 12.7. The molecule has 63 heavy (non-hydrogen) atoms. The summed E-state index contributed by atoms with van der Waals surface area (Å²) in [6.45, 7) is 4.06. The first-order valence-corrected chi connectivity index (χ1v) is 20.0. The van der Waals surface area contributed by atoms with E-state index in [2.05, 4.69) is 31.2 Å². The molecule has 0 aliphatic carbocycles. The van der Waals surface area contributed by atoms with E-state index in [1.54, 1.807) is 24.3 Å². The van der Waals surface area contributed by atoms with Crippen LogP contribution in [-0.4, -0.2) is 124 Å². The number of hydrogen-bond donors (Lipinski definition) is 7. The number of rotatable bonds is 18. The summed E-state index contributed by atoms with van der Waals surface area (Å²) >= 11 is 0. The molecule has 0 saturated carbocycles. The molecule has 2 aliphatic heterocycles. The largest absolute Gasteiger partial charge is 0.490 e. The monoisotopic (exact) mass is 890 g/mol. The van der Waals surface area contributed by atoms with E-state index in [4.69, 9.17) is 26.1 Å². The molecule has 2 fully saturated rings. The number of likely N-dealkylation sites (tertiary alicyclic amines) is 2. The number of aliphatic carboxylic acids is 2. The van der Waals surface area contributed by atoms with E-state index in [0.29, 0.717) is 44.3 Å². The quantitative estimate of drug-likeness (QED) is 0.0492. The van der Waals surface area contributed by atoms with Crippen molar-refractivity contribution in [3.05, 3.63) is 60.2 Å². The van der Waals surface area contributed by atoms with Crippen LogP contribution in [0.4, 0.5) is 29.3 Å². The molecule has 2 aromatic rings. The van der Waals surface area contributed by atoms with Crippen LogP contribution in [0.5, 0.6) is 0 Å². The van der Waals surface area contributed by atoms with Crippen LogP contribution in [0.3, 0.4) is 0 Å². The molecular weight excluding hydrogens is 837 g/mol. The van der Waals surface area contributed by atoms with Gasteiger partial charge in [0.1, 0.15) is 30.8 Å². The van der Waals surface area contributed by atoms with Crippen LogP contribution in [-0.2, 0) is 40.1 Å². The van der Waals surface area contributed by atoms with Crippen LogP contribution in [0.1, 0.15) is 64.4 Å². The highest BCUT2D eigenvalue weighted by molar-refractivity contribution is 5.95. The van der Waals surface area contributed by atoms with Crippen molar-refractivity contribution in [2.75, 3.05) is 26.2 Å². The topological polar surface area (TPSA) is 301 Å². The maximum atomic E-state index is 13.5. The van der Waals surface area contributed by atoms with Crippen molar-refractivity contribution in [1.29, 1.82) is 0 Å². The first-order chi connectivity index (χ1) is 29.8. The number of carbonyl (C=O) groups excluding carboxylic acids is 5. The zero-order chi connectivity index (χ0) is 46.7. The molecule has 4 atom stereocenters. The van der Waals surface area contributed by atoms with Crippen molar-refractivity contribution in [2.45, 2.75) is 95.7 Å². The molecule has 9 N–H and O–H groups in total. The molecule has 23 heteroatoms. The Morgan fingerprint density at radius 2 is 1.37 bits per heavy atom. The molecule has 5 amide bonds. The van der Waals surface area contributed by atoms with Crippen LogP contribution in [0, 0.1) is 5.92 Å². The number of nitrogens with one attached hydrogen (secondary N) is 3. The number of guanidine groups is 1. The first kappa shape index (κ1) is 50.5. The number of ether oxygens (including phenoxy) is 1. The van der Waals surface area contributed by atoms with E-state index in [0.717, 1.165) is 11.3 Å². The second kappa shape index (κ2) is 24.6. The zero-order valence-electron chi connectivity index (χ0n) is 34.8. The van der Waals surface area contributed by atoms with Crippen molar-refractivity contribution in [3.63, 3.8) is 0 Å². The molecule has 2 saturated heterocycles. The van der Waals surface area contributed by atoms with Gasteiger partial charge in [0.2, 0.25) is 23.6 Å². The van der Waals surface area contributed by atoms with Crippen LogP contribution in [0.25, 0.3) is 0 Å². The summed E-state index contributed by atoms with van der Waals surface area (Å²) in [6.07, 6.45) is -3.29. The molecule has 20 nitrogen and oxygen atoms in total. The highest BCUT2D eigenvalue weighted by Crippen LogP contribution is 2.22. The van der Waals surface area contributed by atoms with Gasteiger partial charge in [0.05, 0.1) is 17.9 Å². The predicted molar refractivity (Wildman–Crippen MR) is 219 cm³/mol. The number of azo groups is 1. The molecule has 2 heterocycles. The summed E-state index contributed by atoms with van der Waals surface area (Å²) in [4.78, 5) is 93.5. The Balaban J connectivity index is 0.00000139. The third-order valence-electron chi connectivity index (χ3n) is 9.56. The molecule has 2 aromatic carbocycles. The zero-order valence-corrected chi connectivity index (χ0v) is 34.8. The van der Waals surface area contributed by atoms with Gasteiger partial charge in [-0.2, -0.15) is 23.4 Å². The third-order valence-corrected chi connectivity index (χ3v) is 9.56. The number of carboxylic acid groups (broad SMARTS) is 2. The van der Waals surface area contributed by atoms with Gasteiger partial charge in [0.15, 0.2) is 5.96 Å². The minimum absolute atomic E-state index is 0.00842. The summed E-state index contributed by atoms with van der Waals surface area (Å²) in [7, 11) is 0. The summed E-state index contributed by atoms with van der Waals surface area (Å²) in [6, 6.07) is 12.4. The lowest BCUT2D eigenvalue weighted by atomic mass is 10.0. The number of amides is 5. The van der Waals surface area contributed by atoms with E-state index >= 15 is 0 Å². The lowest BCUT2D eigenvalue weighted by Crippen LogP contribution is -2.55. The van der Waals surface area contributed by atoms with E-state index < -0.39 is 78.5 Å². The summed E-state index contributed by atoms with van der Waals surface area (Å²) in [5, 5.41) is 33.0. The second-order valence-electron chi connectivity index (χ2n) is 14.9. The molecule has 344 valence electrons. The van der Waals surface area contributed by atoms with E-state index in [1.807, 2.05) is 44.2 Å². The van der Waals surface area contributed by atoms with Crippen molar-refractivity contribution < 1.29 is 61.7 Å². The fraction of sp³-hybridized carbons (Fsp3) is 0.500. The Kier molecular flexibility index (Phi) is 19.7. The minimum atomic E-state index is -5.08. The number of alkyl halides is 3. The predicted octanol–water partition coefficient (Wildman–Crippen LogP) is 3.10. The van der Waals surface area contributed by atoms with Gasteiger partial charge in [-0.15, -0.1) is 0 Å². The average Bonchev–Trinajstić information content (AvgIpc) is 3.94. The Hall–Kier alpha value is -6.81. The van der Waals surface area contributed by atoms with Crippen molar-refractivity contribution in [2.24, 2.45) is 32.6 Å². The number of hydrogen-bond acceptors (Lipinski definition) is 11. The van der Waals surface area contributed by atoms with E-state index in [1.165, 1.54) is 9.80 Å². The Bertz CT molecular complexity index is 1950. The fourth-order valence-electron chi connectivity index (χ4n) is 6.48. The minimum Gasteiger partial charge on any atom is -0.480 e. The van der Waals surface area contributed by atoms with Crippen molar-refractivity contribution in [3.8, 4) is 0 Å². The maximum Gasteiger partial charge on any atom is 0.490 e. The van der Waals surface area contributed by atoms with Gasteiger partial charge in [-0.1, -0.05) is 44.2 Å². The van der Waals surface area contributed by atoms with Gasteiger partial charge in [-0.25, -0.2) is 14.4 Å². The van der Waals surface area contributed by atoms with Gasteiger partial charge in [0.25, 0.3) is 0 Å². The molecule has 2 aliphatic rings. The number of carboxylic acids is 2. The molecular formula is C40H53F3N10O10. The van der Waals surface area contributed by atoms with Crippen LogP contribution in [0.2, 0.25) is 0 Å². The van der Waals surface area contributed by atoms with Gasteiger partial charge >= 0.3 is 24.2 Å². The lowest BCUT2D eigenvalue weighted by Gasteiger charge is -2.27. The highest BCUT2D eigenvalue weighted by atomic mass is 19.4. The average molecular weight is 891 g/mol. The van der Waals surface area contributed by atoms with Gasteiger partial charge in [-0.05, 0) is 80.7 Å². The lowest BCUT2D eigenvalue weighted by molar-refractivity contribution is -0.192. The Morgan fingerprint density at radius 1 is 0.825 bits per heavy atom. The summed E-state index contributed by atoms with van der Waals surface area (Å²) in [5.74, 6) is -6.36. The number of halogens is 3. The normalized spacial score (nSPS) is 16.9. The van der Waals surface area contributed by atoms with Gasteiger partial charge in [0, 0.05) is 19.6 Å². The molecule has 4 rings (SSSR count). The highest BCUT2D eigenvalue weighted by Gasteiger charge is 2.39. The van der Waals surface area contributed by atoms with Gasteiger partial charge in [-0.3, -0.25) is 29.1 Å². The fourth-order valence-corrected chi connectivity index (χ4v) is 6.48. The molecule has 0 radical (unpaired) electrons. The molecule has 0 aromatic heterocycles. The molecule has 0 spiro atoms. The second-order valence-corrected chi connectivity index (χ2v) is 14.9. The first-order valence-electron chi connectivity index (χ1n) is 20.0. The Morgan fingerprint density at radius 3 is 1.90 bits per heavy atom. The Labute approximate surface area is 360 Å². The number of nitrogens with two attached hydrogens (primary N) is 2. The standard InChI is InChI=1S/C38H52N10O8.C2HF3O2/c1-24(2)21-29(33(50)42-22-32(49)47-19-7-12-30(47)34(51)43-28(36(53)54)11-6-18-41-37(39)40)44-35(52)31-13-8-20-48(31)38(55)56-23-25-14-16-27(17-15-25)46-45-26-9-4-3-5-10-26;3-2(4,5)1(6)7/h3-5,9-10,14-17,24,28-31H,6-8,11-13,18-23H2,1-2H3,(H,42,50)(H,43,51)(H,44,52)(H,53,54)(H4,39,40,41);(H,6,7)/t28-,29+,30+,31+;/m1./s1. The number of nitrogens with zero attached hydrogens (tertiary/aromatic N) is 5. The van der Waals surface area contributed by atoms with Gasteiger partial charge < -0.3 is 47.3 Å². The van der Waals surface area contributed by atoms with Crippen LogP contribution >= 0.6 is 0 Å². The van der Waals surface area contributed by atoms with Crippen molar-refractivity contribution in [1.82, 2.24) is 25.8 Å². The number of carbonyl (C=O) groups is 7. The number of benzene rings is 2. The number of aliphatic imine (C=N–C) groups is 1.